The van der Waals surface area contributed by atoms with Gasteiger partial charge in [-0.05, 0) is 15.9 Å². The summed E-state index contributed by atoms with van der Waals surface area (Å²) >= 11 is 3.17. The molecular weight excluding hydrogens is 256 g/mol. The average Bonchev–Trinajstić information content (AvgIpc) is 2.30. The van der Waals surface area contributed by atoms with Gasteiger partial charge in [0.2, 0.25) is 5.78 Å². The van der Waals surface area contributed by atoms with Crippen molar-refractivity contribution < 1.29 is 4.79 Å². The minimum absolute atomic E-state index is 0.115. The van der Waals surface area contributed by atoms with Gasteiger partial charge in [0.05, 0.1) is 12.4 Å². The lowest BCUT2D eigenvalue weighted by Crippen LogP contribution is -2.04. The van der Waals surface area contributed by atoms with Gasteiger partial charge in [-0.3, -0.25) is 4.79 Å². The van der Waals surface area contributed by atoms with Gasteiger partial charge in [-0.25, -0.2) is 9.97 Å². The molecule has 1 aromatic carbocycles. The lowest BCUT2D eigenvalue weighted by Gasteiger charge is -1.98. The molecule has 0 amide bonds. The van der Waals surface area contributed by atoms with Crippen molar-refractivity contribution in [2.24, 2.45) is 0 Å². The summed E-state index contributed by atoms with van der Waals surface area (Å²) in [6, 6.07) is 9.02. The van der Waals surface area contributed by atoms with E-state index in [4.69, 9.17) is 0 Å². The molecule has 74 valence electrons. The van der Waals surface area contributed by atoms with Gasteiger partial charge in [-0.15, -0.1) is 0 Å². The second kappa shape index (κ2) is 4.31. The molecule has 2 rings (SSSR count). The summed E-state index contributed by atoms with van der Waals surface area (Å²) < 4.78 is 0.618. The third kappa shape index (κ3) is 2.27. The summed E-state index contributed by atoms with van der Waals surface area (Å²) in [5.74, 6) is -0.115. The Morgan fingerprint density at radius 1 is 1.07 bits per heavy atom. The summed E-state index contributed by atoms with van der Waals surface area (Å²) in [5.41, 5.74) is 0.971. The van der Waals surface area contributed by atoms with Gasteiger partial charge >= 0.3 is 0 Å². The van der Waals surface area contributed by atoms with Crippen LogP contribution in [-0.2, 0) is 0 Å². The van der Waals surface area contributed by atoms with Crippen molar-refractivity contribution in [3.63, 3.8) is 0 Å². The topological polar surface area (TPSA) is 42.9 Å². The summed E-state index contributed by atoms with van der Waals surface area (Å²) in [6.45, 7) is 0. The number of nitrogens with zero attached hydrogens (tertiary/aromatic N) is 2. The SMILES string of the molecule is O=C(c1ccccc1)c1cnc(Br)cn1. The zero-order chi connectivity index (χ0) is 10.7. The van der Waals surface area contributed by atoms with Gasteiger partial charge < -0.3 is 0 Å². The van der Waals surface area contributed by atoms with Crippen LogP contribution >= 0.6 is 15.9 Å². The Labute approximate surface area is 95.3 Å². The molecule has 0 saturated heterocycles. The van der Waals surface area contributed by atoms with Gasteiger partial charge in [0, 0.05) is 5.56 Å². The van der Waals surface area contributed by atoms with E-state index in [0.29, 0.717) is 15.9 Å². The number of carbonyl (C=O) groups is 1. The van der Waals surface area contributed by atoms with Crippen molar-refractivity contribution in [2.45, 2.75) is 0 Å². The summed E-state index contributed by atoms with van der Waals surface area (Å²) in [6.07, 6.45) is 2.97. The molecule has 0 fully saturated rings. The van der Waals surface area contributed by atoms with Crippen LogP contribution in [0.25, 0.3) is 0 Å². The number of carbonyl (C=O) groups excluding carboxylic acids is 1. The minimum Gasteiger partial charge on any atom is -0.287 e. The smallest absolute Gasteiger partial charge is 0.212 e. The van der Waals surface area contributed by atoms with Crippen LogP contribution < -0.4 is 0 Å². The van der Waals surface area contributed by atoms with Gasteiger partial charge in [0.1, 0.15) is 10.3 Å². The Balaban J connectivity index is 2.33. The number of hydrogen-bond donors (Lipinski definition) is 0. The molecule has 3 nitrogen and oxygen atoms in total. The fourth-order valence-corrected chi connectivity index (χ4v) is 1.37. The maximum Gasteiger partial charge on any atom is 0.212 e. The molecule has 0 aliphatic heterocycles. The standard InChI is InChI=1S/C11H7BrN2O/c12-10-7-13-9(6-14-10)11(15)8-4-2-1-3-5-8/h1-7H. The van der Waals surface area contributed by atoms with Crippen LogP contribution in [0.5, 0.6) is 0 Å². The Morgan fingerprint density at radius 2 is 1.80 bits per heavy atom. The van der Waals surface area contributed by atoms with Gasteiger partial charge in [-0.1, -0.05) is 30.3 Å². The van der Waals surface area contributed by atoms with Crippen LogP contribution in [-0.4, -0.2) is 15.8 Å². The molecular formula is C11H7BrN2O. The zero-order valence-electron chi connectivity index (χ0n) is 7.72. The van der Waals surface area contributed by atoms with Crippen molar-refractivity contribution in [2.75, 3.05) is 0 Å². The quantitative estimate of drug-likeness (QED) is 0.781. The maximum absolute atomic E-state index is 11.8. The summed E-state index contributed by atoms with van der Waals surface area (Å²) in [7, 11) is 0. The Kier molecular flexibility index (Phi) is 2.87. The van der Waals surface area contributed by atoms with E-state index >= 15 is 0 Å². The van der Waals surface area contributed by atoms with Crippen LogP contribution in [0, 0.1) is 0 Å². The number of rotatable bonds is 2. The lowest BCUT2D eigenvalue weighted by molar-refractivity contribution is 0.103. The van der Waals surface area contributed by atoms with Crippen LogP contribution in [0.3, 0.4) is 0 Å². The minimum atomic E-state index is -0.115. The normalized spacial score (nSPS) is 9.93. The predicted octanol–water partition coefficient (Wildman–Crippen LogP) is 2.47. The number of halogens is 1. The fraction of sp³-hybridized carbons (Fsp3) is 0. The Morgan fingerprint density at radius 3 is 2.40 bits per heavy atom. The van der Waals surface area contributed by atoms with Crippen molar-refractivity contribution in [3.05, 3.63) is 58.6 Å². The maximum atomic E-state index is 11.8. The summed E-state index contributed by atoms with van der Waals surface area (Å²) in [4.78, 5) is 19.8. The highest BCUT2D eigenvalue weighted by Gasteiger charge is 2.09. The first-order valence-corrected chi connectivity index (χ1v) is 5.14. The number of hydrogen-bond acceptors (Lipinski definition) is 3. The fourth-order valence-electron chi connectivity index (χ4n) is 1.17. The van der Waals surface area contributed by atoms with E-state index < -0.39 is 0 Å². The molecule has 0 N–H and O–H groups in total. The van der Waals surface area contributed by atoms with E-state index in [1.54, 1.807) is 12.1 Å². The highest BCUT2D eigenvalue weighted by molar-refractivity contribution is 9.10. The molecule has 0 saturated carbocycles. The van der Waals surface area contributed by atoms with E-state index in [0.717, 1.165) is 0 Å². The van der Waals surface area contributed by atoms with Crippen molar-refractivity contribution in [1.82, 2.24) is 9.97 Å². The predicted molar refractivity (Wildman–Crippen MR) is 59.6 cm³/mol. The van der Waals surface area contributed by atoms with E-state index in [1.165, 1.54) is 12.4 Å². The second-order valence-corrected chi connectivity index (χ2v) is 3.73. The average molecular weight is 263 g/mol. The molecule has 15 heavy (non-hydrogen) atoms. The molecule has 4 heteroatoms. The first kappa shape index (κ1) is 9.98. The van der Waals surface area contributed by atoms with Crippen molar-refractivity contribution in [1.29, 1.82) is 0 Å². The van der Waals surface area contributed by atoms with Crippen molar-refractivity contribution >= 4 is 21.7 Å². The molecule has 0 bridgehead atoms. The molecule has 0 radical (unpaired) electrons. The first-order valence-electron chi connectivity index (χ1n) is 4.34. The zero-order valence-corrected chi connectivity index (χ0v) is 9.31. The van der Waals surface area contributed by atoms with Crippen LogP contribution in [0.4, 0.5) is 0 Å². The highest BCUT2D eigenvalue weighted by atomic mass is 79.9. The highest BCUT2D eigenvalue weighted by Crippen LogP contribution is 2.08. The van der Waals surface area contributed by atoms with E-state index in [2.05, 4.69) is 25.9 Å². The number of aromatic nitrogens is 2. The van der Waals surface area contributed by atoms with E-state index in [9.17, 15) is 4.79 Å². The molecule has 0 aliphatic rings. The lowest BCUT2D eigenvalue weighted by atomic mass is 10.1. The number of ketones is 1. The molecule has 2 aromatic rings. The Hall–Kier alpha value is -1.55. The molecule has 0 unspecified atom stereocenters. The molecule has 1 aromatic heterocycles. The van der Waals surface area contributed by atoms with Crippen LogP contribution in [0.1, 0.15) is 16.1 Å². The monoisotopic (exact) mass is 262 g/mol. The largest absolute Gasteiger partial charge is 0.287 e. The molecule has 1 heterocycles. The molecule has 0 aliphatic carbocycles. The van der Waals surface area contributed by atoms with Crippen LogP contribution in [0.15, 0.2) is 47.3 Å². The second-order valence-electron chi connectivity index (χ2n) is 2.92. The Bertz CT molecular complexity index is 468. The van der Waals surface area contributed by atoms with Gasteiger partial charge in [0.15, 0.2) is 0 Å². The van der Waals surface area contributed by atoms with Crippen molar-refractivity contribution in [3.8, 4) is 0 Å². The number of benzene rings is 1. The van der Waals surface area contributed by atoms with E-state index in [1.807, 2.05) is 18.2 Å². The van der Waals surface area contributed by atoms with Gasteiger partial charge in [0.25, 0.3) is 0 Å². The van der Waals surface area contributed by atoms with E-state index in [-0.39, 0.29) is 5.78 Å². The van der Waals surface area contributed by atoms with Crippen LogP contribution in [0.2, 0.25) is 0 Å². The summed E-state index contributed by atoms with van der Waals surface area (Å²) in [5, 5.41) is 0. The molecule has 0 atom stereocenters. The van der Waals surface area contributed by atoms with Gasteiger partial charge in [-0.2, -0.15) is 0 Å². The third-order valence-electron chi connectivity index (χ3n) is 1.89. The third-order valence-corrected chi connectivity index (χ3v) is 2.30. The molecule has 0 spiro atoms. The first-order chi connectivity index (χ1) is 7.27.